The largest absolute Gasteiger partial charge is 0.324 e. The first-order valence-corrected chi connectivity index (χ1v) is 9.72. The van der Waals surface area contributed by atoms with Gasteiger partial charge >= 0.3 is 4.87 Å². The molecule has 3 aromatic rings. The van der Waals surface area contributed by atoms with Crippen molar-refractivity contribution in [1.82, 2.24) is 14.5 Å². The molecule has 2 heterocycles. The number of nitro benzene ring substituents is 1. The van der Waals surface area contributed by atoms with Gasteiger partial charge in [0, 0.05) is 36.3 Å². The van der Waals surface area contributed by atoms with E-state index in [-0.39, 0.29) is 10.6 Å². The van der Waals surface area contributed by atoms with Crippen molar-refractivity contribution in [2.75, 3.05) is 5.32 Å². The lowest BCUT2D eigenvalue weighted by Crippen LogP contribution is -2.15. The van der Waals surface area contributed by atoms with Crippen molar-refractivity contribution in [2.45, 2.75) is 33.7 Å². The number of hydrogen-bond acceptors (Lipinski definition) is 7. The van der Waals surface area contributed by atoms with Crippen LogP contribution >= 0.6 is 11.3 Å². The molecule has 0 unspecified atom stereocenters. The summed E-state index contributed by atoms with van der Waals surface area (Å²) in [4.78, 5) is 32.3. The molecule has 0 amide bonds. The molecular formula is C19H21N5O3S. The number of rotatable bonds is 7. The van der Waals surface area contributed by atoms with Crippen LogP contribution in [0.3, 0.4) is 0 Å². The summed E-state index contributed by atoms with van der Waals surface area (Å²) in [5.74, 6) is 0.825. The second-order valence-electron chi connectivity index (χ2n) is 6.81. The average Bonchev–Trinajstić information content (AvgIpc) is 2.94. The molecule has 0 aliphatic rings. The maximum atomic E-state index is 12.4. The van der Waals surface area contributed by atoms with Crippen molar-refractivity contribution in [3.05, 3.63) is 62.0 Å². The molecule has 2 aromatic heterocycles. The third-order valence-corrected chi connectivity index (χ3v) is 5.38. The first-order valence-electron chi connectivity index (χ1n) is 8.90. The van der Waals surface area contributed by atoms with E-state index in [0.29, 0.717) is 29.8 Å². The SMILES string of the molecule is Cc1c(-c2ccnc(Nc3cccc([N+](=O)[O-])c3)n2)sc(=O)n1CCC(C)C. The summed E-state index contributed by atoms with van der Waals surface area (Å²) in [6.07, 6.45) is 2.53. The van der Waals surface area contributed by atoms with Gasteiger partial charge in [0.2, 0.25) is 5.95 Å². The van der Waals surface area contributed by atoms with Crippen LogP contribution in [0.4, 0.5) is 17.3 Å². The summed E-state index contributed by atoms with van der Waals surface area (Å²) in [5, 5.41) is 13.9. The number of hydrogen-bond donors (Lipinski definition) is 1. The number of benzene rings is 1. The van der Waals surface area contributed by atoms with Crippen LogP contribution in [0.15, 0.2) is 41.3 Å². The highest BCUT2D eigenvalue weighted by Crippen LogP contribution is 2.27. The van der Waals surface area contributed by atoms with E-state index in [9.17, 15) is 14.9 Å². The standard InChI is InChI=1S/C19H21N5O3S/c1-12(2)8-10-23-13(3)17(28-19(23)25)16-7-9-20-18(22-16)21-14-5-4-6-15(11-14)24(26)27/h4-7,9,11-12H,8,10H2,1-3H3,(H,20,21,22). The van der Waals surface area contributed by atoms with Gasteiger partial charge in [0.15, 0.2) is 0 Å². The Labute approximate surface area is 166 Å². The maximum Gasteiger partial charge on any atom is 0.307 e. The van der Waals surface area contributed by atoms with Crippen LogP contribution in [0.5, 0.6) is 0 Å². The second kappa shape index (κ2) is 8.30. The zero-order valence-corrected chi connectivity index (χ0v) is 16.7. The van der Waals surface area contributed by atoms with Gasteiger partial charge in [-0.1, -0.05) is 31.3 Å². The van der Waals surface area contributed by atoms with Gasteiger partial charge in [-0.2, -0.15) is 0 Å². The number of anilines is 2. The quantitative estimate of drug-likeness (QED) is 0.467. The minimum Gasteiger partial charge on any atom is -0.324 e. The zero-order chi connectivity index (χ0) is 20.3. The van der Waals surface area contributed by atoms with Gasteiger partial charge in [-0.3, -0.25) is 14.9 Å². The van der Waals surface area contributed by atoms with E-state index in [1.165, 1.54) is 23.5 Å². The van der Waals surface area contributed by atoms with Gasteiger partial charge in [0.25, 0.3) is 5.69 Å². The molecule has 0 fully saturated rings. The molecule has 28 heavy (non-hydrogen) atoms. The highest BCUT2D eigenvalue weighted by Gasteiger charge is 2.15. The molecule has 0 aliphatic heterocycles. The molecule has 0 saturated heterocycles. The number of nitro groups is 1. The van der Waals surface area contributed by atoms with Crippen LogP contribution in [-0.4, -0.2) is 19.5 Å². The summed E-state index contributed by atoms with van der Waals surface area (Å²) in [6, 6.07) is 7.89. The normalized spacial score (nSPS) is 11.0. The zero-order valence-electron chi connectivity index (χ0n) is 15.9. The molecule has 0 spiro atoms. The van der Waals surface area contributed by atoms with Gasteiger partial charge in [-0.05, 0) is 31.4 Å². The van der Waals surface area contributed by atoms with Crippen molar-refractivity contribution in [1.29, 1.82) is 0 Å². The Kier molecular flexibility index (Phi) is 5.84. The summed E-state index contributed by atoms with van der Waals surface area (Å²) >= 11 is 1.17. The number of nitrogens with one attached hydrogen (secondary N) is 1. The molecule has 0 bridgehead atoms. The molecular weight excluding hydrogens is 378 g/mol. The minimum atomic E-state index is -0.455. The fraction of sp³-hybridized carbons (Fsp3) is 0.316. The Balaban J connectivity index is 1.88. The van der Waals surface area contributed by atoms with Gasteiger partial charge in [0.1, 0.15) is 0 Å². The van der Waals surface area contributed by atoms with E-state index in [2.05, 4.69) is 29.1 Å². The molecule has 3 rings (SSSR count). The lowest BCUT2D eigenvalue weighted by Gasteiger charge is -2.08. The number of non-ortho nitro benzene ring substituents is 1. The predicted octanol–water partition coefficient (Wildman–Crippen LogP) is 4.37. The lowest BCUT2D eigenvalue weighted by molar-refractivity contribution is -0.384. The van der Waals surface area contributed by atoms with Crippen molar-refractivity contribution in [2.24, 2.45) is 5.92 Å². The van der Waals surface area contributed by atoms with Crippen molar-refractivity contribution in [3.63, 3.8) is 0 Å². The van der Waals surface area contributed by atoms with E-state index in [0.717, 1.165) is 17.0 Å². The molecule has 1 aromatic carbocycles. The monoisotopic (exact) mass is 399 g/mol. The van der Waals surface area contributed by atoms with Crippen LogP contribution in [-0.2, 0) is 6.54 Å². The van der Waals surface area contributed by atoms with Crippen LogP contribution in [0.1, 0.15) is 26.0 Å². The van der Waals surface area contributed by atoms with E-state index in [1.807, 2.05) is 6.92 Å². The molecule has 9 heteroatoms. The van der Waals surface area contributed by atoms with Gasteiger partial charge in [-0.15, -0.1) is 0 Å². The Morgan fingerprint density at radius 3 is 2.82 bits per heavy atom. The second-order valence-corrected chi connectivity index (χ2v) is 7.78. The molecule has 0 aliphatic carbocycles. The fourth-order valence-electron chi connectivity index (χ4n) is 2.73. The number of aromatic nitrogens is 3. The first-order chi connectivity index (χ1) is 13.3. The summed E-state index contributed by atoms with van der Waals surface area (Å²) in [5.41, 5.74) is 2.03. The number of thiazole rings is 1. The third-order valence-electron chi connectivity index (χ3n) is 4.27. The van der Waals surface area contributed by atoms with Crippen LogP contribution in [0, 0.1) is 23.0 Å². The highest BCUT2D eigenvalue weighted by atomic mass is 32.1. The molecule has 8 nitrogen and oxygen atoms in total. The Bertz CT molecular complexity index is 1060. The summed E-state index contributed by atoms with van der Waals surface area (Å²) in [7, 11) is 0. The van der Waals surface area contributed by atoms with Crippen molar-refractivity contribution >= 4 is 28.7 Å². The first kappa shape index (κ1) is 19.7. The van der Waals surface area contributed by atoms with Crippen LogP contribution < -0.4 is 10.2 Å². The topological polar surface area (TPSA) is 103 Å². The minimum absolute atomic E-state index is 0.0000411. The van der Waals surface area contributed by atoms with E-state index < -0.39 is 4.92 Å². The molecule has 146 valence electrons. The number of nitrogens with zero attached hydrogens (tertiary/aromatic N) is 4. The Morgan fingerprint density at radius 2 is 2.11 bits per heavy atom. The molecule has 1 N–H and O–H groups in total. The molecule has 0 saturated carbocycles. The van der Waals surface area contributed by atoms with Gasteiger partial charge < -0.3 is 9.88 Å². The Hall–Kier alpha value is -3.07. The van der Waals surface area contributed by atoms with Crippen molar-refractivity contribution < 1.29 is 4.92 Å². The maximum absolute atomic E-state index is 12.4. The predicted molar refractivity (Wildman–Crippen MR) is 110 cm³/mol. The highest BCUT2D eigenvalue weighted by molar-refractivity contribution is 7.13. The van der Waals surface area contributed by atoms with Gasteiger partial charge in [0.05, 0.1) is 15.5 Å². The summed E-state index contributed by atoms with van der Waals surface area (Å²) < 4.78 is 1.79. The van der Waals surface area contributed by atoms with Crippen molar-refractivity contribution in [3.8, 4) is 10.6 Å². The van der Waals surface area contributed by atoms with E-state index in [4.69, 9.17) is 0 Å². The van der Waals surface area contributed by atoms with Crippen LogP contribution in [0.25, 0.3) is 10.6 Å². The smallest absolute Gasteiger partial charge is 0.307 e. The van der Waals surface area contributed by atoms with E-state index >= 15 is 0 Å². The molecule has 0 radical (unpaired) electrons. The molecule has 0 atom stereocenters. The van der Waals surface area contributed by atoms with E-state index in [1.54, 1.807) is 29.0 Å². The summed E-state index contributed by atoms with van der Waals surface area (Å²) in [6.45, 7) is 6.86. The Morgan fingerprint density at radius 1 is 1.32 bits per heavy atom. The van der Waals surface area contributed by atoms with Gasteiger partial charge in [-0.25, -0.2) is 9.97 Å². The average molecular weight is 399 g/mol. The fourth-order valence-corrected chi connectivity index (χ4v) is 3.72. The lowest BCUT2D eigenvalue weighted by atomic mass is 10.1. The van der Waals surface area contributed by atoms with Crippen LogP contribution in [0.2, 0.25) is 0 Å². The third kappa shape index (κ3) is 4.42.